The second-order valence-corrected chi connectivity index (χ2v) is 4.60. The molecule has 0 spiro atoms. The summed E-state index contributed by atoms with van der Waals surface area (Å²) >= 11 is 3.07. The van der Waals surface area contributed by atoms with E-state index in [1.54, 1.807) is 6.07 Å². The van der Waals surface area contributed by atoms with Gasteiger partial charge >= 0.3 is 6.36 Å². The smallest absolute Gasteiger partial charge is 0.406 e. The number of aryl methyl sites for hydroxylation is 1. The molecule has 0 aliphatic carbocycles. The normalized spacial score (nSPS) is 11.7. The van der Waals surface area contributed by atoms with Gasteiger partial charge in [0, 0.05) is 4.47 Å². The number of hydrogen-bond acceptors (Lipinski definition) is 5. The number of nitrogens with zero attached hydrogens (tertiary/aromatic N) is 2. The highest BCUT2D eigenvalue weighted by Crippen LogP contribution is 2.33. The van der Waals surface area contributed by atoms with Gasteiger partial charge in [0.2, 0.25) is 5.71 Å². The van der Waals surface area contributed by atoms with E-state index in [0.717, 1.165) is 12.1 Å². The molecule has 0 radical (unpaired) electrons. The zero-order chi connectivity index (χ0) is 16.2. The van der Waals surface area contributed by atoms with Crippen LogP contribution in [-0.2, 0) is 0 Å². The molecule has 0 saturated carbocycles. The number of hydrazone groups is 1. The van der Waals surface area contributed by atoms with Crippen LogP contribution in [0.4, 0.5) is 18.9 Å². The fourth-order valence-electron chi connectivity index (χ4n) is 1.30. The summed E-state index contributed by atoms with van der Waals surface area (Å²) in [6.07, 6.45) is -4.79. The minimum atomic E-state index is -4.79. The summed E-state index contributed by atoms with van der Waals surface area (Å²) in [6, 6.07) is 3.85. The number of anilines is 1. The lowest BCUT2D eigenvalue weighted by Gasteiger charge is -2.13. The van der Waals surface area contributed by atoms with Crippen LogP contribution in [0, 0.1) is 23.7 Å². The van der Waals surface area contributed by atoms with Crippen LogP contribution in [0.5, 0.6) is 5.75 Å². The number of benzene rings is 1. The number of nitrogens with one attached hydrogen (secondary N) is 2. The SMILES string of the molecule is Cc1cc(OC(F)(F)F)cc(Br)c1N/N=C(\C#N)C(=N)N. The number of hydrogen-bond donors (Lipinski definition) is 3. The Morgan fingerprint density at radius 1 is 1.52 bits per heavy atom. The molecule has 0 saturated heterocycles. The maximum absolute atomic E-state index is 12.1. The molecular formula is C11H9BrF3N5O. The summed E-state index contributed by atoms with van der Waals surface area (Å²) in [6.45, 7) is 1.52. The van der Waals surface area contributed by atoms with Crippen LogP contribution in [0.3, 0.4) is 0 Å². The van der Waals surface area contributed by atoms with Crippen molar-refractivity contribution < 1.29 is 17.9 Å². The molecular weight excluding hydrogens is 355 g/mol. The van der Waals surface area contributed by atoms with E-state index in [-0.39, 0.29) is 10.2 Å². The molecule has 0 atom stereocenters. The van der Waals surface area contributed by atoms with Crippen molar-refractivity contribution in [3.63, 3.8) is 0 Å². The van der Waals surface area contributed by atoms with E-state index in [4.69, 9.17) is 16.4 Å². The van der Waals surface area contributed by atoms with Crippen molar-refractivity contribution in [1.29, 1.82) is 10.7 Å². The highest BCUT2D eigenvalue weighted by molar-refractivity contribution is 9.10. The lowest BCUT2D eigenvalue weighted by molar-refractivity contribution is -0.274. The number of alkyl halides is 3. The maximum atomic E-state index is 12.1. The summed E-state index contributed by atoms with van der Waals surface area (Å²) in [5.41, 5.74) is 7.93. The number of ether oxygens (including phenoxy) is 1. The summed E-state index contributed by atoms with van der Waals surface area (Å²) < 4.78 is 40.5. The van der Waals surface area contributed by atoms with E-state index in [0.29, 0.717) is 11.3 Å². The molecule has 6 nitrogen and oxygen atoms in total. The Labute approximate surface area is 126 Å². The molecule has 0 fully saturated rings. The van der Waals surface area contributed by atoms with Crippen molar-refractivity contribution in [2.24, 2.45) is 10.8 Å². The van der Waals surface area contributed by atoms with E-state index < -0.39 is 17.9 Å². The quantitative estimate of drug-likeness (QED) is 0.434. The van der Waals surface area contributed by atoms with Crippen molar-refractivity contribution in [2.45, 2.75) is 13.3 Å². The Kier molecular flexibility index (Phi) is 5.15. The minimum absolute atomic E-state index is 0.242. The van der Waals surface area contributed by atoms with Gasteiger partial charge in [0.1, 0.15) is 11.8 Å². The van der Waals surface area contributed by atoms with Gasteiger partial charge in [-0.2, -0.15) is 10.4 Å². The Morgan fingerprint density at radius 2 is 2.14 bits per heavy atom. The van der Waals surface area contributed by atoms with Gasteiger partial charge in [-0.05, 0) is 40.5 Å². The number of nitriles is 1. The lowest BCUT2D eigenvalue weighted by Crippen LogP contribution is -2.22. The van der Waals surface area contributed by atoms with Gasteiger partial charge in [-0.1, -0.05) is 0 Å². The van der Waals surface area contributed by atoms with E-state index in [9.17, 15) is 13.2 Å². The molecule has 4 N–H and O–H groups in total. The zero-order valence-corrected chi connectivity index (χ0v) is 12.1. The first-order chi connectivity index (χ1) is 9.64. The molecule has 1 rings (SSSR count). The number of nitrogens with two attached hydrogens (primary N) is 1. The maximum Gasteiger partial charge on any atom is 0.573 e. The fraction of sp³-hybridized carbons (Fsp3) is 0.182. The highest BCUT2D eigenvalue weighted by atomic mass is 79.9. The monoisotopic (exact) mass is 363 g/mol. The van der Waals surface area contributed by atoms with Crippen LogP contribution in [0.2, 0.25) is 0 Å². The molecule has 0 unspecified atom stereocenters. The number of amidine groups is 1. The van der Waals surface area contributed by atoms with Crippen molar-refractivity contribution in [3.8, 4) is 11.8 Å². The first-order valence-corrected chi connectivity index (χ1v) is 6.07. The van der Waals surface area contributed by atoms with Gasteiger partial charge in [-0.15, -0.1) is 13.2 Å². The molecule has 1 aromatic carbocycles. The van der Waals surface area contributed by atoms with Crippen LogP contribution < -0.4 is 15.9 Å². The van der Waals surface area contributed by atoms with Crippen LogP contribution >= 0.6 is 15.9 Å². The third-order valence-electron chi connectivity index (χ3n) is 2.14. The fourth-order valence-corrected chi connectivity index (χ4v) is 1.93. The largest absolute Gasteiger partial charge is 0.573 e. The van der Waals surface area contributed by atoms with Gasteiger partial charge in [-0.25, -0.2) is 0 Å². The third-order valence-corrected chi connectivity index (χ3v) is 2.76. The summed E-state index contributed by atoms with van der Waals surface area (Å²) in [7, 11) is 0. The summed E-state index contributed by atoms with van der Waals surface area (Å²) in [4.78, 5) is 0. The average Bonchev–Trinajstić information content (AvgIpc) is 2.30. The van der Waals surface area contributed by atoms with Gasteiger partial charge in [0.05, 0.1) is 5.69 Å². The molecule has 0 heterocycles. The average molecular weight is 364 g/mol. The molecule has 112 valence electrons. The Morgan fingerprint density at radius 3 is 2.57 bits per heavy atom. The van der Waals surface area contributed by atoms with Crippen molar-refractivity contribution >= 4 is 33.2 Å². The van der Waals surface area contributed by atoms with E-state index in [1.807, 2.05) is 0 Å². The Balaban J connectivity index is 3.07. The van der Waals surface area contributed by atoms with E-state index in [1.165, 1.54) is 6.92 Å². The molecule has 0 amide bonds. The predicted octanol–water partition coefficient (Wildman–Crippen LogP) is 2.88. The predicted molar refractivity (Wildman–Crippen MR) is 74.1 cm³/mol. The first kappa shape index (κ1) is 16.8. The van der Waals surface area contributed by atoms with E-state index in [2.05, 4.69) is 31.2 Å². The molecule has 1 aromatic rings. The highest BCUT2D eigenvalue weighted by Gasteiger charge is 2.31. The van der Waals surface area contributed by atoms with Gasteiger partial charge in [0.15, 0.2) is 5.84 Å². The standard InChI is InChI=1S/C11H9BrF3N5O/c1-5-2-6(21-11(13,14)15)3-7(12)9(5)20-19-8(4-16)10(17)18/h2-3,20H,1H3,(H3,17,18)/b19-8+. The van der Waals surface area contributed by atoms with Gasteiger partial charge < -0.3 is 10.5 Å². The van der Waals surface area contributed by atoms with Crippen molar-refractivity contribution in [2.75, 3.05) is 5.43 Å². The Bertz CT molecular complexity index is 613. The molecule has 21 heavy (non-hydrogen) atoms. The number of rotatable bonds is 4. The van der Waals surface area contributed by atoms with Crippen LogP contribution in [-0.4, -0.2) is 17.9 Å². The minimum Gasteiger partial charge on any atom is -0.406 e. The molecule has 10 heteroatoms. The van der Waals surface area contributed by atoms with Crippen LogP contribution in [0.1, 0.15) is 5.56 Å². The third kappa shape index (κ3) is 4.96. The van der Waals surface area contributed by atoms with Crippen LogP contribution in [0.15, 0.2) is 21.7 Å². The topological polar surface area (TPSA) is 107 Å². The lowest BCUT2D eigenvalue weighted by atomic mass is 10.2. The Hall–Kier alpha value is -2.28. The van der Waals surface area contributed by atoms with Gasteiger partial charge in [0.25, 0.3) is 0 Å². The second kappa shape index (κ2) is 6.45. The van der Waals surface area contributed by atoms with Crippen molar-refractivity contribution in [1.82, 2.24) is 0 Å². The zero-order valence-electron chi connectivity index (χ0n) is 10.5. The second-order valence-electron chi connectivity index (χ2n) is 3.74. The molecule has 0 aliphatic heterocycles. The van der Waals surface area contributed by atoms with E-state index >= 15 is 0 Å². The molecule has 0 aromatic heterocycles. The summed E-state index contributed by atoms with van der Waals surface area (Å²) in [5.74, 6) is -0.927. The van der Waals surface area contributed by atoms with Gasteiger partial charge in [-0.3, -0.25) is 10.8 Å². The molecule has 0 bridgehead atoms. The number of halogens is 4. The molecule has 0 aliphatic rings. The van der Waals surface area contributed by atoms with Crippen molar-refractivity contribution in [3.05, 3.63) is 22.2 Å². The first-order valence-electron chi connectivity index (χ1n) is 5.28. The summed E-state index contributed by atoms with van der Waals surface area (Å²) in [5, 5.41) is 19.4. The van der Waals surface area contributed by atoms with Crippen LogP contribution in [0.25, 0.3) is 0 Å².